The van der Waals surface area contributed by atoms with Gasteiger partial charge in [0.25, 0.3) is 0 Å². The van der Waals surface area contributed by atoms with Gasteiger partial charge in [0, 0.05) is 0 Å². The number of hydrogen-bond donors (Lipinski definition) is 2. The van der Waals surface area contributed by atoms with Crippen molar-refractivity contribution in [2.45, 2.75) is 12.8 Å². The molecular weight excluding hydrogens is 188 g/mol. The Morgan fingerprint density at radius 1 is 1.36 bits per heavy atom. The van der Waals surface area contributed by atoms with E-state index in [1.54, 1.807) is 19.1 Å². The van der Waals surface area contributed by atoms with Crippen LogP contribution in [0, 0.1) is 0 Å². The molecule has 1 atom stereocenters. The summed E-state index contributed by atoms with van der Waals surface area (Å²) in [5.41, 5.74) is 0.657. The van der Waals surface area contributed by atoms with E-state index in [9.17, 15) is 4.79 Å². The van der Waals surface area contributed by atoms with Crippen LogP contribution in [0.25, 0.3) is 0 Å². The predicted molar refractivity (Wildman–Crippen MR) is 46.3 cm³/mol. The lowest BCUT2D eigenvalue weighted by Gasteiger charge is -2.07. The summed E-state index contributed by atoms with van der Waals surface area (Å²) in [6.45, 7) is 1.59. The number of carbonyl (C=O) groups excluding carboxylic acids is 1. The third-order valence-corrected chi connectivity index (χ3v) is 1.87. The van der Waals surface area contributed by atoms with Gasteiger partial charge >= 0.3 is 5.97 Å². The number of hydrogen-bond acceptors (Lipinski definition) is 5. The van der Waals surface area contributed by atoms with Gasteiger partial charge in [-0.05, 0) is 29.7 Å². The Hall–Kier alpha value is -1.59. The minimum atomic E-state index is -0.710. The fourth-order valence-corrected chi connectivity index (χ4v) is 1.01. The zero-order chi connectivity index (χ0) is 10.6. The predicted octanol–water partition coefficient (Wildman–Crippen LogP) is 1.44. The fraction of sp³-hybridized carbons (Fsp3) is 0.222. The van der Waals surface area contributed by atoms with Crippen LogP contribution >= 0.6 is 0 Å². The van der Waals surface area contributed by atoms with Crippen molar-refractivity contribution >= 4 is 5.97 Å². The van der Waals surface area contributed by atoms with Crippen LogP contribution in [0.3, 0.4) is 0 Å². The Morgan fingerprint density at radius 3 is 2.43 bits per heavy atom. The number of benzene rings is 1. The molecule has 1 unspecified atom stereocenters. The Morgan fingerprint density at radius 2 is 1.93 bits per heavy atom. The van der Waals surface area contributed by atoms with Gasteiger partial charge in [-0.2, -0.15) is 0 Å². The van der Waals surface area contributed by atoms with Gasteiger partial charge in [0.2, 0.25) is 0 Å². The minimum Gasteiger partial charge on any atom is -0.508 e. The van der Waals surface area contributed by atoms with Crippen molar-refractivity contribution in [1.82, 2.24) is 0 Å². The number of phenols is 1. The summed E-state index contributed by atoms with van der Waals surface area (Å²) in [7, 11) is 0. The second-order valence-electron chi connectivity index (χ2n) is 2.79. The second kappa shape index (κ2) is 4.59. The molecule has 0 bridgehead atoms. The molecule has 0 aliphatic heterocycles. The summed E-state index contributed by atoms with van der Waals surface area (Å²) >= 11 is 0. The van der Waals surface area contributed by atoms with Crippen molar-refractivity contribution in [1.29, 1.82) is 0 Å². The van der Waals surface area contributed by atoms with Crippen molar-refractivity contribution in [3.05, 3.63) is 29.8 Å². The van der Waals surface area contributed by atoms with Crippen molar-refractivity contribution in [3.8, 4) is 5.75 Å². The average molecular weight is 198 g/mol. The molecule has 0 aliphatic carbocycles. The molecular formula is C9H10O5. The molecule has 0 aromatic heterocycles. The molecule has 0 aliphatic rings. The second-order valence-corrected chi connectivity index (χ2v) is 2.79. The molecule has 1 rings (SSSR count). The standard InChI is InChI=1S/C9H10O5/c1-6(9(11)13-14-12)7-2-4-8(10)5-3-7/h2-6,10,12H,1H3. The van der Waals surface area contributed by atoms with Crippen LogP contribution in [0.5, 0.6) is 5.75 Å². The number of phenolic OH excluding ortho intramolecular Hbond substituents is 1. The molecule has 76 valence electrons. The van der Waals surface area contributed by atoms with Gasteiger partial charge in [-0.15, -0.1) is 0 Å². The maximum atomic E-state index is 11.1. The number of carbonyl (C=O) groups is 1. The smallest absolute Gasteiger partial charge is 0.352 e. The summed E-state index contributed by atoms with van der Waals surface area (Å²) in [4.78, 5) is 15.0. The average Bonchev–Trinajstić information content (AvgIpc) is 2.18. The third-order valence-electron chi connectivity index (χ3n) is 1.87. The highest BCUT2D eigenvalue weighted by Gasteiger charge is 2.17. The highest BCUT2D eigenvalue weighted by molar-refractivity contribution is 5.77. The van der Waals surface area contributed by atoms with Gasteiger partial charge in [-0.1, -0.05) is 12.1 Å². The van der Waals surface area contributed by atoms with Crippen LogP contribution in [-0.4, -0.2) is 16.3 Å². The summed E-state index contributed by atoms with van der Waals surface area (Å²) in [5.74, 6) is -1.16. The normalized spacial score (nSPS) is 12.1. The molecule has 0 heterocycles. The van der Waals surface area contributed by atoms with Crippen LogP contribution in [-0.2, 0) is 14.7 Å². The van der Waals surface area contributed by atoms with Gasteiger partial charge in [-0.25, -0.2) is 10.1 Å². The van der Waals surface area contributed by atoms with Crippen molar-refractivity contribution in [3.63, 3.8) is 0 Å². The first kappa shape index (κ1) is 10.5. The maximum Gasteiger partial charge on any atom is 0.352 e. The van der Waals surface area contributed by atoms with Crippen LogP contribution in [0.15, 0.2) is 24.3 Å². The molecule has 2 N–H and O–H groups in total. The summed E-state index contributed by atoms with van der Waals surface area (Å²) in [5, 5.41) is 20.2. The lowest BCUT2D eigenvalue weighted by molar-refractivity contribution is -0.462. The van der Waals surface area contributed by atoms with Gasteiger partial charge in [0.05, 0.1) is 5.92 Å². The first-order valence-corrected chi connectivity index (χ1v) is 3.96. The van der Waals surface area contributed by atoms with Crippen LogP contribution < -0.4 is 0 Å². The van der Waals surface area contributed by atoms with Crippen LogP contribution in [0.4, 0.5) is 0 Å². The monoisotopic (exact) mass is 198 g/mol. The fourth-order valence-electron chi connectivity index (χ4n) is 1.01. The van der Waals surface area contributed by atoms with E-state index in [1.165, 1.54) is 12.1 Å². The maximum absolute atomic E-state index is 11.1. The van der Waals surface area contributed by atoms with Crippen molar-refractivity contribution < 1.29 is 25.1 Å². The first-order valence-electron chi connectivity index (χ1n) is 3.96. The third kappa shape index (κ3) is 2.45. The lowest BCUT2D eigenvalue weighted by Crippen LogP contribution is -2.12. The topological polar surface area (TPSA) is 76.0 Å². The van der Waals surface area contributed by atoms with Gasteiger partial charge in [-0.3, -0.25) is 4.89 Å². The zero-order valence-electron chi connectivity index (χ0n) is 7.51. The molecule has 5 nitrogen and oxygen atoms in total. The molecule has 0 spiro atoms. The molecule has 0 saturated heterocycles. The number of aromatic hydroxyl groups is 1. The van der Waals surface area contributed by atoms with E-state index in [2.05, 4.69) is 9.93 Å². The van der Waals surface area contributed by atoms with E-state index in [0.29, 0.717) is 5.56 Å². The highest BCUT2D eigenvalue weighted by Crippen LogP contribution is 2.19. The molecule has 0 fully saturated rings. The Bertz CT molecular complexity index is 305. The molecule has 0 saturated carbocycles. The largest absolute Gasteiger partial charge is 0.508 e. The molecule has 1 aromatic rings. The molecule has 0 amide bonds. The summed E-state index contributed by atoms with van der Waals surface area (Å²) in [6.07, 6.45) is 0. The van der Waals surface area contributed by atoms with E-state index in [0.717, 1.165) is 0 Å². The Labute approximate surface area is 80.4 Å². The Kier molecular flexibility index (Phi) is 3.44. The van der Waals surface area contributed by atoms with Gasteiger partial charge in [0.15, 0.2) is 0 Å². The molecule has 5 heteroatoms. The van der Waals surface area contributed by atoms with Crippen LogP contribution in [0.2, 0.25) is 0 Å². The summed E-state index contributed by atoms with van der Waals surface area (Å²) in [6, 6.07) is 6.08. The van der Waals surface area contributed by atoms with Crippen LogP contribution in [0.1, 0.15) is 18.4 Å². The Balaban J connectivity index is 2.73. The highest BCUT2D eigenvalue weighted by atomic mass is 17.5. The van der Waals surface area contributed by atoms with Gasteiger partial charge < -0.3 is 5.11 Å². The quantitative estimate of drug-likeness (QED) is 0.567. The zero-order valence-corrected chi connectivity index (χ0v) is 7.51. The first-order chi connectivity index (χ1) is 6.65. The minimum absolute atomic E-state index is 0.118. The lowest BCUT2D eigenvalue weighted by atomic mass is 10.0. The van der Waals surface area contributed by atoms with Crippen molar-refractivity contribution in [2.75, 3.05) is 0 Å². The molecule has 1 aromatic carbocycles. The molecule has 0 radical (unpaired) electrons. The van der Waals surface area contributed by atoms with E-state index in [-0.39, 0.29) is 5.75 Å². The van der Waals surface area contributed by atoms with Gasteiger partial charge in [0.1, 0.15) is 5.75 Å². The van der Waals surface area contributed by atoms with E-state index in [4.69, 9.17) is 10.4 Å². The van der Waals surface area contributed by atoms with Crippen molar-refractivity contribution in [2.24, 2.45) is 0 Å². The summed E-state index contributed by atoms with van der Waals surface area (Å²) < 4.78 is 0. The number of rotatable bonds is 3. The van der Waals surface area contributed by atoms with E-state index in [1.807, 2.05) is 0 Å². The van der Waals surface area contributed by atoms with E-state index >= 15 is 0 Å². The van der Waals surface area contributed by atoms with E-state index < -0.39 is 11.9 Å². The molecule has 14 heavy (non-hydrogen) atoms. The SMILES string of the molecule is CC(C(=O)OOO)c1ccc(O)cc1.